The van der Waals surface area contributed by atoms with Crippen LogP contribution in [0.2, 0.25) is 5.02 Å². The first-order valence-corrected chi connectivity index (χ1v) is 6.09. The minimum atomic E-state index is -0.119. The zero-order valence-electron chi connectivity index (χ0n) is 9.45. The number of nitrogens with one attached hydrogen (secondary N) is 1. The van der Waals surface area contributed by atoms with Crippen molar-refractivity contribution in [3.63, 3.8) is 0 Å². The van der Waals surface area contributed by atoms with E-state index in [1.54, 1.807) is 17.0 Å². The number of carbonyl (C=O) groups is 1. The van der Waals surface area contributed by atoms with E-state index in [0.29, 0.717) is 5.69 Å². The molecule has 1 aromatic rings. The molecule has 1 saturated heterocycles. The van der Waals surface area contributed by atoms with E-state index in [4.69, 9.17) is 11.6 Å². The van der Waals surface area contributed by atoms with Crippen LogP contribution in [0, 0.1) is 0 Å². The van der Waals surface area contributed by atoms with E-state index in [9.17, 15) is 9.90 Å². The molecule has 1 heterocycles. The van der Waals surface area contributed by atoms with Crippen molar-refractivity contribution in [2.45, 2.75) is 19.3 Å². The van der Waals surface area contributed by atoms with Crippen molar-refractivity contribution in [2.75, 3.05) is 18.4 Å². The summed E-state index contributed by atoms with van der Waals surface area (Å²) >= 11 is 5.69. The molecule has 4 nitrogen and oxygen atoms in total. The largest absolute Gasteiger partial charge is 0.506 e. The van der Waals surface area contributed by atoms with Crippen LogP contribution in [0.5, 0.6) is 5.75 Å². The maximum absolute atomic E-state index is 11.9. The van der Waals surface area contributed by atoms with E-state index >= 15 is 0 Å². The number of benzene rings is 1. The van der Waals surface area contributed by atoms with Crippen LogP contribution in [0.1, 0.15) is 19.3 Å². The second kappa shape index (κ2) is 5.27. The summed E-state index contributed by atoms with van der Waals surface area (Å²) in [7, 11) is 0. The van der Waals surface area contributed by atoms with E-state index in [-0.39, 0.29) is 16.8 Å². The zero-order chi connectivity index (χ0) is 12.3. The highest BCUT2D eigenvalue weighted by molar-refractivity contribution is 6.32. The van der Waals surface area contributed by atoms with Crippen molar-refractivity contribution in [2.24, 2.45) is 0 Å². The number of urea groups is 1. The van der Waals surface area contributed by atoms with E-state index < -0.39 is 0 Å². The highest BCUT2D eigenvalue weighted by atomic mass is 35.5. The maximum Gasteiger partial charge on any atom is 0.321 e. The van der Waals surface area contributed by atoms with Gasteiger partial charge in [0.1, 0.15) is 5.75 Å². The van der Waals surface area contributed by atoms with Crippen LogP contribution >= 0.6 is 11.6 Å². The van der Waals surface area contributed by atoms with Gasteiger partial charge in [0.15, 0.2) is 0 Å². The van der Waals surface area contributed by atoms with E-state index in [1.807, 2.05) is 0 Å². The van der Waals surface area contributed by atoms with Crippen LogP contribution in [-0.4, -0.2) is 29.1 Å². The molecule has 0 aromatic heterocycles. The fourth-order valence-corrected chi connectivity index (χ4v) is 2.01. The van der Waals surface area contributed by atoms with E-state index in [0.717, 1.165) is 25.9 Å². The Labute approximate surface area is 105 Å². The first kappa shape index (κ1) is 12.0. The summed E-state index contributed by atoms with van der Waals surface area (Å²) in [4.78, 5) is 13.7. The third kappa shape index (κ3) is 3.03. The lowest BCUT2D eigenvalue weighted by atomic mass is 10.1. The van der Waals surface area contributed by atoms with Crippen LogP contribution in [0.3, 0.4) is 0 Å². The van der Waals surface area contributed by atoms with Gasteiger partial charge in [-0.15, -0.1) is 0 Å². The number of hydrogen-bond donors (Lipinski definition) is 2. The molecule has 0 atom stereocenters. The molecule has 92 valence electrons. The lowest BCUT2D eigenvalue weighted by molar-refractivity contribution is 0.200. The lowest BCUT2D eigenvalue weighted by Gasteiger charge is -2.26. The second-order valence-corrected chi connectivity index (χ2v) is 4.55. The normalized spacial score (nSPS) is 15.7. The highest BCUT2D eigenvalue weighted by Gasteiger charge is 2.16. The summed E-state index contributed by atoms with van der Waals surface area (Å²) in [6, 6.07) is 4.56. The van der Waals surface area contributed by atoms with Gasteiger partial charge < -0.3 is 15.3 Å². The van der Waals surface area contributed by atoms with Crippen molar-refractivity contribution in [1.29, 1.82) is 0 Å². The Bertz CT molecular complexity index is 417. The van der Waals surface area contributed by atoms with Crippen molar-refractivity contribution in [3.05, 3.63) is 23.2 Å². The minimum absolute atomic E-state index is 0.0249. The van der Waals surface area contributed by atoms with Crippen LogP contribution in [0.4, 0.5) is 10.5 Å². The van der Waals surface area contributed by atoms with E-state index in [2.05, 4.69) is 5.32 Å². The minimum Gasteiger partial charge on any atom is -0.506 e. The summed E-state index contributed by atoms with van der Waals surface area (Å²) in [5.74, 6) is -0.0249. The van der Waals surface area contributed by atoms with Gasteiger partial charge in [-0.05, 0) is 31.4 Å². The standard InChI is InChI=1S/C12H15ClN2O2/c13-10-5-4-9(8-11(10)16)14-12(17)15-6-2-1-3-7-15/h4-5,8,16H,1-3,6-7H2,(H,14,17). The van der Waals surface area contributed by atoms with Gasteiger partial charge in [0.05, 0.1) is 5.02 Å². The molecule has 0 spiro atoms. The Kier molecular flexibility index (Phi) is 3.74. The number of phenolic OH excluding ortho intramolecular Hbond substituents is 1. The molecular weight excluding hydrogens is 240 g/mol. The number of nitrogens with zero attached hydrogens (tertiary/aromatic N) is 1. The number of phenols is 1. The predicted octanol–water partition coefficient (Wildman–Crippen LogP) is 3.06. The summed E-state index contributed by atoms with van der Waals surface area (Å²) in [5, 5.41) is 12.5. The summed E-state index contributed by atoms with van der Waals surface area (Å²) in [6.45, 7) is 1.59. The van der Waals surface area contributed by atoms with Gasteiger partial charge in [-0.2, -0.15) is 0 Å². The number of piperidine rings is 1. The van der Waals surface area contributed by atoms with E-state index in [1.165, 1.54) is 12.5 Å². The Balaban J connectivity index is 1.99. The van der Waals surface area contributed by atoms with Gasteiger partial charge in [-0.25, -0.2) is 4.79 Å². The average Bonchev–Trinajstić information content (AvgIpc) is 2.35. The highest BCUT2D eigenvalue weighted by Crippen LogP contribution is 2.26. The fourth-order valence-electron chi connectivity index (χ4n) is 1.89. The van der Waals surface area contributed by atoms with Crippen molar-refractivity contribution in [1.82, 2.24) is 4.90 Å². The van der Waals surface area contributed by atoms with Gasteiger partial charge in [-0.1, -0.05) is 11.6 Å². The lowest BCUT2D eigenvalue weighted by Crippen LogP contribution is -2.38. The zero-order valence-corrected chi connectivity index (χ0v) is 10.2. The smallest absolute Gasteiger partial charge is 0.321 e. The Morgan fingerprint density at radius 1 is 1.29 bits per heavy atom. The first-order chi connectivity index (χ1) is 8.16. The molecule has 1 aromatic carbocycles. The molecule has 0 unspecified atom stereocenters. The molecule has 17 heavy (non-hydrogen) atoms. The number of anilines is 1. The molecule has 1 fully saturated rings. The average molecular weight is 255 g/mol. The first-order valence-electron chi connectivity index (χ1n) is 5.71. The SMILES string of the molecule is O=C(Nc1ccc(Cl)c(O)c1)N1CCCCC1. The number of likely N-dealkylation sites (tertiary alicyclic amines) is 1. The number of aromatic hydroxyl groups is 1. The Hall–Kier alpha value is -1.42. The van der Waals surface area contributed by atoms with Gasteiger partial charge in [0, 0.05) is 24.8 Å². The van der Waals surface area contributed by atoms with Crippen LogP contribution in [-0.2, 0) is 0 Å². The second-order valence-electron chi connectivity index (χ2n) is 4.14. The quantitative estimate of drug-likeness (QED) is 0.809. The molecule has 0 aliphatic carbocycles. The molecule has 1 aliphatic rings. The van der Waals surface area contributed by atoms with Crippen molar-refractivity contribution < 1.29 is 9.90 Å². The number of halogens is 1. The molecule has 2 rings (SSSR count). The number of carbonyl (C=O) groups excluding carboxylic acids is 1. The summed E-state index contributed by atoms with van der Waals surface area (Å²) in [5.41, 5.74) is 0.558. The van der Waals surface area contributed by atoms with Crippen LogP contribution in [0.25, 0.3) is 0 Å². The summed E-state index contributed by atoms with van der Waals surface area (Å²) in [6.07, 6.45) is 3.30. The Morgan fingerprint density at radius 3 is 2.65 bits per heavy atom. The van der Waals surface area contributed by atoms with Gasteiger partial charge in [-0.3, -0.25) is 0 Å². The molecule has 2 N–H and O–H groups in total. The number of rotatable bonds is 1. The van der Waals surface area contributed by atoms with Crippen LogP contribution in [0.15, 0.2) is 18.2 Å². The molecule has 1 aliphatic heterocycles. The number of hydrogen-bond acceptors (Lipinski definition) is 2. The predicted molar refractivity (Wildman–Crippen MR) is 67.6 cm³/mol. The molecule has 0 bridgehead atoms. The third-order valence-electron chi connectivity index (χ3n) is 2.84. The van der Waals surface area contributed by atoms with Crippen molar-refractivity contribution >= 4 is 23.3 Å². The third-order valence-corrected chi connectivity index (χ3v) is 3.16. The van der Waals surface area contributed by atoms with Gasteiger partial charge in [0.2, 0.25) is 0 Å². The molecule has 5 heteroatoms. The molecule has 0 radical (unpaired) electrons. The van der Waals surface area contributed by atoms with Gasteiger partial charge >= 0.3 is 6.03 Å². The maximum atomic E-state index is 11.9. The molecule has 0 saturated carbocycles. The molecular formula is C12H15ClN2O2. The summed E-state index contributed by atoms with van der Waals surface area (Å²) < 4.78 is 0. The monoisotopic (exact) mass is 254 g/mol. The topological polar surface area (TPSA) is 52.6 Å². The van der Waals surface area contributed by atoms with Crippen molar-refractivity contribution in [3.8, 4) is 5.75 Å². The number of amides is 2. The fraction of sp³-hybridized carbons (Fsp3) is 0.417. The van der Waals surface area contributed by atoms with Gasteiger partial charge in [0.25, 0.3) is 0 Å². The van der Waals surface area contributed by atoms with Crippen LogP contribution < -0.4 is 5.32 Å². The Morgan fingerprint density at radius 2 is 2.00 bits per heavy atom. The molecule has 2 amide bonds.